The molecule has 214 valence electrons. The summed E-state index contributed by atoms with van der Waals surface area (Å²) in [7, 11) is 1.95. The third kappa shape index (κ3) is 5.33. The van der Waals surface area contributed by atoms with E-state index in [-0.39, 0.29) is 11.4 Å². The summed E-state index contributed by atoms with van der Waals surface area (Å²) in [4.78, 5) is 22.2. The van der Waals surface area contributed by atoms with E-state index in [2.05, 4.69) is 60.1 Å². The van der Waals surface area contributed by atoms with Gasteiger partial charge in [0.2, 0.25) is 12.0 Å². The van der Waals surface area contributed by atoms with E-state index in [0.717, 1.165) is 52.2 Å². The lowest BCUT2D eigenvalue weighted by molar-refractivity contribution is -0.657. The van der Waals surface area contributed by atoms with E-state index in [1.54, 1.807) is 18.1 Å². The number of anilines is 2. The molecule has 3 heterocycles. The van der Waals surface area contributed by atoms with Crippen LogP contribution in [0.4, 0.5) is 11.6 Å². The summed E-state index contributed by atoms with van der Waals surface area (Å²) in [6.07, 6.45) is 12.0. The monoisotopic (exact) mass is 571 g/mol. The number of rotatable bonds is 10. The van der Waals surface area contributed by atoms with Crippen LogP contribution in [0.15, 0.2) is 35.7 Å². The summed E-state index contributed by atoms with van der Waals surface area (Å²) < 4.78 is 3.77. The van der Waals surface area contributed by atoms with Crippen molar-refractivity contribution < 1.29 is 9.48 Å². The molecule has 2 fully saturated rings. The first-order valence-electron chi connectivity index (χ1n) is 14.6. The number of hydrogen-bond donors (Lipinski definition) is 2. The molecule has 2 aliphatic carbocycles. The van der Waals surface area contributed by atoms with Crippen molar-refractivity contribution in [3.8, 4) is 11.8 Å². The van der Waals surface area contributed by atoms with Crippen molar-refractivity contribution in [2.24, 2.45) is 13.0 Å². The lowest BCUT2D eigenvalue weighted by atomic mass is 9.72. The zero-order valence-corrected chi connectivity index (χ0v) is 25.2. The van der Waals surface area contributed by atoms with Gasteiger partial charge in [0.15, 0.2) is 5.82 Å². The fourth-order valence-corrected chi connectivity index (χ4v) is 7.03. The zero-order valence-electron chi connectivity index (χ0n) is 24.4. The van der Waals surface area contributed by atoms with Crippen LogP contribution in [0.25, 0.3) is 5.69 Å². The number of pyridine rings is 1. The Kier molecular flexibility index (Phi) is 7.51. The standard InChI is InChI=1S/C31H39N8OS/c1-20-11-22(12-20)23-15-27(33-10-6-9-32)36-29(28(23)39-19-37(3)18-35-39)38-17-25-24(30(38)40)13-21(14-26(25)41-4)16-34-31(2)7-5-8-31/h13-15,18-20,22,34H,5-8,10-12,16-17H2,1-4H3,(H,33,36)/q+1/t20-,22-. The number of fused-ring (bicyclic) bond motifs is 1. The number of aromatic nitrogens is 4. The van der Waals surface area contributed by atoms with Gasteiger partial charge in [-0.05, 0) is 91.5 Å². The Hall–Kier alpha value is -3.42. The van der Waals surface area contributed by atoms with Crippen LogP contribution in [-0.4, -0.2) is 38.9 Å². The highest BCUT2D eigenvalue weighted by Gasteiger charge is 2.39. The zero-order chi connectivity index (χ0) is 28.7. The molecule has 1 amide bonds. The topological polar surface area (TPSA) is 103 Å². The SMILES string of the molecule is CSc1cc(CNC2(C)CCC2)cc2c1CN(c1nc(NCCC#N)cc([C@H]3C[C@H](C)C3)c1-[n+]1cn(C)cn1)C2=O. The molecule has 10 heteroatoms. The normalized spacial score (nSPS) is 20.8. The van der Waals surface area contributed by atoms with Gasteiger partial charge in [-0.2, -0.15) is 5.26 Å². The number of aryl methyl sites for hydroxylation is 1. The van der Waals surface area contributed by atoms with Gasteiger partial charge in [0, 0.05) is 34.7 Å². The molecule has 0 saturated heterocycles. The summed E-state index contributed by atoms with van der Waals surface area (Å²) in [5.41, 5.74) is 5.15. The number of benzene rings is 1. The van der Waals surface area contributed by atoms with E-state index in [4.69, 9.17) is 10.2 Å². The van der Waals surface area contributed by atoms with Crippen LogP contribution in [-0.2, 0) is 20.1 Å². The molecular formula is C31H39N8OS+. The third-order valence-corrected chi connectivity index (χ3v) is 9.76. The van der Waals surface area contributed by atoms with E-state index >= 15 is 0 Å². The molecule has 9 nitrogen and oxygen atoms in total. The Morgan fingerprint density at radius 3 is 2.71 bits per heavy atom. The van der Waals surface area contributed by atoms with Crippen LogP contribution in [0.2, 0.25) is 0 Å². The molecule has 0 bridgehead atoms. The number of carbonyl (C=O) groups is 1. The predicted molar refractivity (Wildman–Crippen MR) is 160 cm³/mol. The van der Waals surface area contributed by atoms with E-state index < -0.39 is 0 Å². The third-order valence-electron chi connectivity index (χ3n) is 8.95. The minimum absolute atomic E-state index is 0.0283. The van der Waals surface area contributed by atoms with Gasteiger partial charge in [0.1, 0.15) is 5.82 Å². The molecule has 0 unspecified atom stereocenters. The average molecular weight is 572 g/mol. The predicted octanol–water partition coefficient (Wildman–Crippen LogP) is 4.85. The molecule has 2 N–H and O–H groups in total. The first-order chi connectivity index (χ1) is 19.8. The number of carbonyl (C=O) groups excluding carboxylic acids is 1. The lowest BCUT2D eigenvalue weighted by Crippen LogP contribution is -2.47. The number of nitrogens with one attached hydrogen (secondary N) is 2. The Balaban J connectivity index is 1.42. The highest BCUT2D eigenvalue weighted by molar-refractivity contribution is 7.98. The Labute approximate surface area is 246 Å². The molecular weight excluding hydrogens is 532 g/mol. The second kappa shape index (κ2) is 11.1. The van der Waals surface area contributed by atoms with E-state index in [1.165, 1.54) is 19.3 Å². The summed E-state index contributed by atoms with van der Waals surface area (Å²) >= 11 is 1.69. The fraction of sp³-hybridized carbons (Fsp3) is 0.516. The van der Waals surface area contributed by atoms with Crippen molar-refractivity contribution in [3.05, 3.63) is 53.1 Å². The summed E-state index contributed by atoms with van der Waals surface area (Å²) in [6, 6.07) is 8.60. The van der Waals surface area contributed by atoms with Crippen molar-refractivity contribution in [1.82, 2.24) is 20.0 Å². The summed E-state index contributed by atoms with van der Waals surface area (Å²) in [5.74, 6) is 2.29. The molecule has 2 aromatic heterocycles. The number of nitriles is 1. The van der Waals surface area contributed by atoms with Gasteiger partial charge >= 0.3 is 0 Å². The molecule has 3 aliphatic rings. The van der Waals surface area contributed by atoms with E-state index in [1.807, 2.05) is 27.5 Å². The molecule has 2 saturated carbocycles. The smallest absolute Gasteiger partial charge is 0.271 e. The molecule has 3 aromatic rings. The quantitative estimate of drug-likeness (QED) is 0.204. The maximum atomic E-state index is 14.2. The van der Waals surface area contributed by atoms with Crippen LogP contribution in [0, 0.1) is 17.2 Å². The first-order valence-corrected chi connectivity index (χ1v) is 15.8. The highest BCUT2D eigenvalue weighted by atomic mass is 32.2. The van der Waals surface area contributed by atoms with Crippen LogP contribution >= 0.6 is 11.8 Å². The summed E-state index contributed by atoms with van der Waals surface area (Å²) in [5, 5.41) is 20.8. The Morgan fingerprint density at radius 1 is 1.27 bits per heavy atom. The molecule has 0 spiro atoms. The molecule has 6 rings (SSSR count). The minimum atomic E-state index is -0.0283. The molecule has 41 heavy (non-hydrogen) atoms. The second-order valence-electron chi connectivity index (χ2n) is 12.2. The first kappa shape index (κ1) is 27.7. The van der Waals surface area contributed by atoms with Gasteiger partial charge in [-0.3, -0.25) is 9.69 Å². The van der Waals surface area contributed by atoms with Crippen LogP contribution in [0.3, 0.4) is 0 Å². The lowest BCUT2D eigenvalue weighted by Gasteiger charge is -2.39. The van der Waals surface area contributed by atoms with Crippen molar-refractivity contribution in [1.29, 1.82) is 5.26 Å². The van der Waals surface area contributed by atoms with Gasteiger partial charge in [0.25, 0.3) is 12.2 Å². The molecule has 0 radical (unpaired) electrons. The van der Waals surface area contributed by atoms with Crippen LogP contribution < -0.4 is 20.2 Å². The Morgan fingerprint density at radius 2 is 2.07 bits per heavy atom. The van der Waals surface area contributed by atoms with Gasteiger partial charge in [-0.15, -0.1) is 11.8 Å². The number of hydrogen-bond acceptors (Lipinski definition) is 7. The van der Waals surface area contributed by atoms with Crippen molar-refractivity contribution >= 4 is 29.3 Å². The van der Waals surface area contributed by atoms with E-state index in [9.17, 15) is 4.79 Å². The molecule has 1 aromatic carbocycles. The van der Waals surface area contributed by atoms with Crippen molar-refractivity contribution in [3.63, 3.8) is 0 Å². The van der Waals surface area contributed by atoms with Gasteiger partial charge in [0.05, 0.1) is 26.1 Å². The maximum Gasteiger partial charge on any atom is 0.271 e. The van der Waals surface area contributed by atoms with Crippen LogP contribution in [0.5, 0.6) is 0 Å². The summed E-state index contributed by atoms with van der Waals surface area (Å²) in [6.45, 7) is 6.28. The molecule has 0 atom stereocenters. The number of thioether (sulfide) groups is 1. The van der Waals surface area contributed by atoms with E-state index in [0.29, 0.717) is 43.0 Å². The van der Waals surface area contributed by atoms with Gasteiger partial charge < -0.3 is 10.6 Å². The van der Waals surface area contributed by atoms with Gasteiger partial charge in [-0.1, -0.05) is 11.6 Å². The highest BCUT2D eigenvalue weighted by Crippen LogP contribution is 2.46. The number of amides is 1. The maximum absolute atomic E-state index is 14.2. The molecule has 1 aliphatic heterocycles. The number of nitrogens with zero attached hydrogens (tertiary/aromatic N) is 6. The fourth-order valence-electron chi connectivity index (χ4n) is 6.34. The average Bonchev–Trinajstić information content (AvgIpc) is 3.51. The van der Waals surface area contributed by atoms with Crippen LogP contribution in [0.1, 0.15) is 85.3 Å². The van der Waals surface area contributed by atoms with Gasteiger partial charge in [-0.25, -0.2) is 9.55 Å². The van der Waals surface area contributed by atoms with Crippen molar-refractivity contribution in [2.75, 3.05) is 23.0 Å². The largest absolute Gasteiger partial charge is 0.369 e. The minimum Gasteiger partial charge on any atom is -0.369 e. The second-order valence-corrected chi connectivity index (χ2v) is 13.1. The van der Waals surface area contributed by atoms with Crippen molar-refractivity contribution in [2.45, 2.75) is 81.8 Å². The Bertz CT molecular complexity index is 1510.